The van der Waals surface area contributed by atoms with Crippen molar-refractivity contribution in [1.29, 1.82) is 0 Å². The van der Waals surface area contributed by atoms with Crippen LogP contribution in [0.25, 0.3) is 0 Å². The second-order valence-electron chi connectivity index (χ2n) is 4.59. The summed E-state index contributed by atoms with van der Waals surface area (Å²) >= 11 is 6.23. The molecule has 2 heteroatoms. The molecule has 0 aliphatic heterocycles. The van der Waals surface area contributed by atoms with Crippen LogP contribution in [0.4, 0.5) is 0 Å². The standard InChI is InChI=1S/C11H25ClSi/c1-4-5-6-7-8-9-10-11-13(2,3)12/h4-11H2,1-3H3. The highest BCUT2D eigenvalue weighted by molar-refractivity contribution is 7.19. The Kier molecular flexibility index (Phi) is 8.18. The van der Waals surface area contributed by atoms with E-state index in [-0.39, 0.29) is 0 Å². The molecule has 0 N–H and O–H groups in total. The van der Waals surface area contributed by atoms with Crippen LogP contribution in [0.15, 0.2) is 0 Å². The Hall–Kier alpha value is 0.507. The lowest BCUT2D eigenvalue weighted by molar-refractivity contribution is 0.601. The monoisotopic (exact) mass is 220 g/mol. The molecule has 0 rings (SSSR count). The van der Waals surface area contributed by atoms with Crippen molar-refractivity contribution >= 4 is 18.5 Å². The molecular weight excluding hydrogens is 196 g/mol. The fourth-order valence-corrected chi connectivity index (χ4v) is 2.99. The predicted octanol–water partition coefficient (Wildman–Crippen LogP) is 5.18. The molecular formula is C11H25ClSi. The molecule has 0 radical (unpaired) electrons. The van der Waals surface area contributed by atoms with Crippen molar-refractivity contribution in [3.8, 4) is 0 Å². The average molecular weight is 221 g/mol. The van der Waals surface area contributed by atoms with Crippen molar-refractivity contribution in [2.75, 3.05) is 0 Å². The van der Waals surface area contributed by atoms with E-state index in [0.717, 1.165) is 0 Å². The molecule has 0 aromatic rings. The van der Waals surface area contributed by atoms with E-state index in [9.17, 15) is 0 Å². The zero-order valence-corrected chi connectivity index (χ0v) is 11.3. The highest BCUT2D eigenvalue weighted by Crippen LogP contribution is 2.19. The molecule has 0 bridgehead atoms. The van der Waals surface area contributed by atoms with Crippen molar-refractivity contribution in [2.24, 2.45) is 0 Å². The van der Waals surface area contributed by atoms with Crippen LogP contribution in [0.2, 0.25) is 19.1 Å². The smallest absolute Gasteiger partial charge is 0.150 e. The van der Waals surface area contributed by atoms with Gasteiger partial charge < -0.3 is 0 Å². The molecule has 0 aliphatic rings. The SMILES string of the molecule is CCCCCCCCC[Si](C)(C)Cl. The second kappa shape index (κ2) is 7.87. The fourth-order valence-electron chi connectivity index (χ4n) is 1.50. The van der Waals surface area contributed by atoms with Gasteiger partial charge in [0.05, 0.1) is 0 Å². The van der Waals surface area contributed by atoms with Gasteiger partial charge >= 0.3 is 0 Å². The Morgan fingerprint density at radius 2 is 1.31 bits per heavy atom. The third kappa shape index (κ3) is 12.5. The van der Waals surface area contributed by atoms with E-state index in [1.807, 2.05) is 0 Å². The summed E-state index contributed by atoms with van der Waals surface area (Å²) in [5.74, 6) is 0. The summed E-state index contributed by atoms with van der Waals surface area (Å²) in [7, 11) is -1.26. The zero-order valence-electron chi connectivity index (χ0n) is 9.53. The Balaban J connectivity index is 3.00. The van der Waals surface area contributed by atoms with Crippen LogP contribution in [0.1, 0.15) is 51.9 Å². The van der Waals surface area contributed by atoms with Gasteiger partial charge in [0, 0.05) is 0 Å². The minimum atomic E-state index is -1.26. The Morgan fingerprint density at radius 1 is 0.846 bits per heavy atom. The molecule has 0 nitrogen and oxygen atoms in total. The molecule has 0 unspecified atom stereocenters. The highest BCUT2D eigenvalue weighted by atomic mass is 35.6. The summed E-state index contributed by atoms with van der Waals surface area (Å²) < 4.78 is 0. The van der Waals surface area contributed by atoms with Gasteiger partial charge in [-0.2, -0.15) is 11.1 Å². The lowest BCUT2D eigenvalue weighted by Crippen LogP contribution is -2.14. The molecule has 13 heavy (non-hydrogen) atoms. The third-order valence-electron chi connectivity index (χ3n) is 2.37. The van der Waals surface area contributed by atoms with Gasteiger partial charge in [0.1, 0.15) is 7.38 Å². The predicted molar refractivity (Wildman–Crippen MR) is 66.1 cm³/mol. The summed E-state index contributed by atoms with van der Waals surface area (Å²) in [4.78, 5) is 0. The van der Waals surface area contributed by atoms with Crippen LogP contribution < -0.4 is 0 Å². The summed E-state index contributed by atoms with van der Waals surface area (Å²) in [6.07, 6.45) is 9.79. The van der Waals surface area contributed by atoms with E-state index in [1.165, 1.54) is 51.0 Å². The Bertz CT molecular complexity index is 107. The molecule has 0 aromatic heterocycles. The van der Waals surface area contributed by atoms with Gasteiger partial charge in [-0.3, -0.25) is 0 Å². The van der Waals surface area contributed by atoms with Gasteiger partial charge in [0.25, 0.3) is 0 Å². The summed E-state index contributed by atoms with van der Waals surface area (Å²) in [6, 6.07) is 1.29. The second-order valence-corrected chi connectivity index (χ2v) is 11.6. The van der Waals surface area contributed by atoms with Gasteiger partial charge in [-0.1, -0.05) is 65.0 Å². The maximum Gasteiger partial charge on any atom is 0.150 e. The molecule has 0 atom stereocenters. The maximum absolute atomic E-state index is 6.23. The minimum Gasteiger partial charge on any atom is -0.168 e. The molecule has 0 saturated heterocycles. The van der Waals surface area contributed by atoms with E-state index in [4.69, 9.17) is 11.1 Å². The van der Waals surface area contributed by atoms with Gasteiger partial charge in [-0.25, -0.2) is 0 Å². The molecule has 0 amide bonds. The molecule has 0 spiro atoms. The summed E-state index contributed by atoms with van der Waals surface area (Å²) in [5.41, 5.74) is 0. The highest BCUT2D eigenvalue weighted by Gasteiger charge is 2.15. The van der Waals surface area contributed by atoms with Crippen LogP contribution >= 0.6 is 11.1 Å². The van der Waals surface area contributed by atoms with Crippen LogP contribution in [-0.4, -0.2) is 7.38 Å². The fraction of sp³-hybridized carbons (Fsp3) is 1.00. The first-order valence-corrected chi connectivity index (χ1v) is 9.97. The number of hydrogen-bond acceptors (Lipinski definition) is 0. The molecule has 0 saturated carbocycles. The Labute approximate surface area is 89.8 Å². The van der Waals surface area contributed by atoms with E-state index >= 15 is 0 Å². The minimum absolute atomic E-state index is 1.26. The van der Waals surface area contributed by atoms with E-state index in [1.54, 1.807) is 0 Å². The first-order chi connectivity index (χ1) is 6.06. The lowest BCUT2D eigenvalue weighted by atomic mass is 10.1. The number of rotatable bonds is 8. The first kappa shape index (κ1) is 13.5. The molecule has 0 fully saturated rings. The molecule has 0 aromatic carbocycles. The number of hydrogen-bond donors (Lipinski definition) is 0. The van der Waals surface area contributed by atoms with E-state index in [2.05, 4.69) is 20.0 Å². The lowest BCUT2D eigenvalue weighted by Gasteiger charge is -2.11. The van der Waals surface area contributed by atoms with Crippen LogP contribution in [0.3, 0.4) is 0 Å². The van der Waals surface area contributed by atoms with Gasteiger partial charge in [0.2, 0.25) is 0 Å². The number of unbranched alkanes of at least 4 members (excludes halogenated alkanes) is 6. The normalized spacial score (nSPS) is 12.0. The van der Waals surface area contributed by atoms with Gasteiger partial charge in [-0.05, 0) is 6.04 Å². The third-order valence-corrected chi connectivity index (χ3v) is 4.48. The van der Waals surface area contributed by atoms with Gasteiger partial charge in [0.15, 0.2) is 0 Å². The van der Waals surface area contributed by atoms with Crippen LogP contribution in [0.5, 0.6) is 0 Å². The largest absolute Gasteiger partial charge is 0.168 e. The number of halogens is 1. The van der Waals surface area contributed by atoms with Crippen molar-refractivity contribution in [1.82, 2.24) is 0 Å². The van der Waals surface area contributed by atoms with Crippen LogP contribution in [0, 0.1) is 0 Å². The van der Waals surface area contributed by atoms with Crippen molar-refractivity contribution < 1.29 is 0 Å². The van der Waals surface area contributed by atoms with Gasteiger partial charge in [-0.15, -0.1) is 0 Å². The Morgan fingerprint density at radius 3 is 1.77 bits per heavy atom. The zero-order chi connectivity index (χ0) is 10.2. The quantitative estimate of drug-likeness (QED) is 0.300. The molecule has 80 valence electrons. The topological polar surface area (TPSA) is 0 Å². The molecule has 0 heterocycles. The van der Waals surface area contributed by atoms with E-state index in [0.29, 0.717) is 0 Å². The molecule has 0 aliphatic carbocycles. The first-order valence-electron chi connectivity index (χ1n) is 5.75. The van der Waals surface area contributed by atoms with Crippen molar-refractivity contribution in [3.63, 3.8) is 0 Å². The van der Waals surface area contributed by atoms with E-state index < -0.39 is 7.38 Å². The van der Waals surface area contributed by atoms with Crippen molar-refractivity contribution in [2.45, 2.75) is 71.0 Å². The summed E-state index contributed by atoms with van der Waals surface area (Å²) in [6.45, 7) is 6.75. The van der Waals surface area contributed by atoms with Crippen LogP contribution in [-0.2, 0) is 0 Å². The van der Waals surface area contributed by atoms with Crippen molar-refractivity contribution in [3.05, 3.63) is 0 Å². The summed E-state index contributed by atoms with van der Waals surface area (Å²) in [5, 5.41) is 0. The average Bonchev–Trinajstić information content (AvgIpc) is 2.01. The maximum atomic E-state index is 6.23.